The molecule has 0 aliphatic rings. The van der Waals surface area contributed by atoms with Crippen LogP contribution in [0.1, 0.15) is 16.2 Å². The third kappa shape index (κ3) is 4.50. The van der Waals surface area contributed by atoms with Gasteiger partial charge in [0.1, 0.15) is 5.69 Å². The summed E-state index contributed by atoms with van der Waals surface area (Å²) in [5, 5.41) is 8.49. The molecule has 0 aliphatic heterocycles. The molecule has 0 spiro atoms. The van der Waals surface area contributed by atoms with Crippen molar-refractivity contribution in [1.82, 2.24) is 9.97 Å². The van der Waals surface area contributed by atoms with Crippen molar-refractivity contribution >= 4 is 51.4 Å². The highest BCUT2D eigenvalue weighted by atomic mass is 32.1. The Kier molecular flexibility index (Phi) is 5.49. The Hall–Kier alpha value is -4.04. The molecule has 2 amide bonds. The van der Waals surface area contributed by atoms with Gasteiger partial charge < -0.3 is 15.6 Å². The first kappa shape index (κ1) is 19.3. The number of rotatable bonds is 5. The summed E-state index contributed by atoms with van der Waals surface area (Å²) in [5.41, 5.74) is 3.22. The van der Waals surface area contributed by atoms with E-state index in [-0.39, 0.29) is 17.2 Å². The molecular weight excluding hydrogens is 400 g/mol. The Morgan fingerprint density at radius 1 is 1.00 bits per heavy atom. The van der Waals surface area contributed by atoms with Crippen molar-refractivity contribution in [3.8, 4) is 0 Å². The van der Waals surface area contributed by atoms with Crippen LogP contribution in [-0.4, -0.2) is 21.8 Å². The Balaban J connectivity index is 1.47. The summed E-state index contributed by atoms with van der Waals surface area (Å²) in [6.45, 7) is 0. The van der Waals surface area contributed by atoms with Crippen LogP contribution in [0.4, 0.5) is 11.4 Å². The minimum Gasteiger partial charge on any atom is -0.322 e. The summed E-state index contributed by atoms with van der Waals surface area (Å²) in [7, 11) is 0. The van der Waals surface area contributed by atoms with Gasteiger partial charge in [-0.1, -0.05) is 24.3 Å². The van der Waals surface area contributed by atoms with Crippen LogP contribution >= 0.6 is 11.3 Å². The minimum atomic E-state index is -0.454. The quantitative estimate of drug-likeness (QED) is 0.429. The molecule has 4 rings (SSSR count). The maximum Gasteiger partial charge on any atom is 0.272 e. The monoisotopic (exact) mass is 416 g/mol. The Bertz CT molecular complexity index is 1310. The van der Waals surface area contributed by atoms with Gasteiger partial charge in [0.2, 0.25) is 5.91 Å². The summed E-state index contributed by atoms with van der Waals surface area (Å²) < 4.78 is 0. The Morgan fingerprint density at radius 2 is 1.80 bits per heavy atom. The first-order chi connectivity index (χ1) is 14.6. The number of benzene rings is 2. The van der Waals surface area contributed by atoms with Crippen molar-refractivity contribution < 1.29 is 9.59 Å². The van der Waals surface area contributed by atoms with Crippen molar-refractivity contribution in [2.45, 2.75) is 0 Å². The van der Waals surface area contributed by atoms with E-state index in [4.69, 9.17) is 0 Å². The van der Waals surface area contributed by atoms with Crippen molar-refractivity contribution in [1.29, 1.82) is 0 Å². The number of H-pyrrole nitrogens is 1. The molecule has 0 atom stereocenters. The average Bonchev–Trinajstić information content (AvgIpc) is 3.26. The largest absolute Gasteiger partial charge is 0.322 e. The van der Waals surface area contributed by atoms with Gasteiger partial charge in [0.05, 0.1) is 11.2 Å². The summed E-state index contributed by atoms with van der Waals surface area (Å²) in [6.07, 6.45) is 3.01. The lowest BCUT2D eigenvalue weighted by Gasteiger charge is -2.08. The van der Waals surface area contributed by atoms with E-state index in [0.29, 0.717) is 27.8 Å². The number of aromatic nitrogens is 2. The van der Waals surface area contributed by atoms with Gasteiger partial charge in [-0.3, -0.25) is 14.4 Å². The molecule has 0 unspecified atom stereocenters. The molecule has 0 bridgehead atoms. The van der Waals surface area contributed by atoms with Gasteiger partial charge in [0.15, 0.2) is 0 Å². The zero-order valence-corrected chi connectivity index (χ0v) is 16.4. The van der Waals surface area contributed by atoms with E-state index in [2.05, 4.69) is 20.6 Å². The van der Waals surface area contributed by atoms with Crippen LogP contribution in [0.2, 0.25) is 0 Å². The van der Waals surface area contributed by atoms with E-state index >= 15 is 0 Å². The maximum atomic E-state index is 12.6. The molecule has 148 valence electrons. The van der Waals surface area contributed by atoms with E-state index in [1.54, 1.807) is 66.2 Å². The van der Waals surface area contributed by atoms with Crippen molar-refractivity contribution in [2.24, 2.45) is 0 Å². The van der Waals surface area contributed by atoms with E-state index in [1.165, 1.54) is 17.4 Å². The molecule has 0 aliphatic carbocycles. The van der Waals surface area contributed by atoms with Gasteiger partial charge in [-0.25, -0.2) is 4.98 Å². The maximum absolute atomic E-state index is 12.6. The van der Waals surface area contributed by atoms with Crippen molar-refractivity contribution in [2.75, 3.05) is 10.6 Å². The third-order valence-electron chi connectivity index (χ3n) is 4.24. The van der Waals surface area contributed by atoms with Crippen LogP contribution in [0.25, 0.3) is 16.8 Å². The van der Waals surface area contributed by atoms with E-state index in [9.17, 15) is 14.4 Å². The highest BCUT2D eigenvalue weighted by Crippen LogP contribution is 2.17. The molecule has 0 saturated carbocycles. The zero-order valence-electron chi connectivity index (χ0n) is 15.6. The van der Waals surface area contributed by atoms with Crippen LogP contribution in [0.3, 0.4) is 0 Å². The fourth-order valence-corrected chi connectivity index (χ4v) is 3.38. The predicted molar refractivity (Wildman–Crippen MR) is 119 cm³/mol. The molecule has 3 N–H and O–H groups in total. The van der Waals surface area contributed by atoms with Gasteiger partial charge in [0, 0.05) is 28.2 Å². The Morgan fingerprint density at radius 3 is 2.60 bits per heavy atom. The molecule has 2 aromatic carbocycles. The lowest BCUT2D eigenvalue weighted by molar-refractivity contribution is -0.111. The SMILES string of the molecule is O=C(/C=C/c1cscn1)Nc1cccc(NC(=O)c2cc3ccccc3c(=O)[nH]2)c1. The smallest absolute Gasteiger partial charge is 0.272 e. The molecule has 4 aromatic rings. The number of nitrogens with one attached hydrogen (secondary N) is 3. The molecule has 30 heavy (non-hydrogen) atoms. The lowest BCUT2D eigenvalue weighted by Crippen LogP contribution is -2.19. The number of amides is 2. The fourth-order valence-electron chi connectivity index (χ4n) is 2.86. The molecule has 0 fully saturated rings. The van der Waals surface area contributed by atoms with Gasteiger partial charge in [-0.05, 0) is 41.8 Å². The average molecular weight is 416 g/mol. The normalized spacial score (nSPS) is 10.9. The highest BCUT2D eigenvalue weighted by molar-refractivity contribution is 7.07. The molecular formula is C22H16N4O3S. The van der Waals surface area contributed by atoms with Gasteiger partial charge in [-0.2, -0.15) is 0 Å². The van der Waals surface area contributed by atoms with Crippen LogP contribution < -0.4 is 16.2 Å². The first-order valence-electron chi connectivity index (χ1n) is 8.99. The molecule has 0 radical (unpaired) electrons. The van der Waals surface area contributed by atoms with Crippen LogP contribution in [0, 0.1) is 0 Å². The highest BCUT2D eigenvalue weighted by Gasteiger charge is 2.10. The standard InChI is InChI=1S/C22H16N4O3S/c27-20(9-8-17-12-30-13-23-17)24-15-5-3-6-16(11-15)25-22(29)19-10-14-4-1-2-7-18(14)21(28)26-19/h1-13H,(H,24,27)(H,25,29)(H,26,28)/b9-8+. The zero-order chi connectivity index (χ0) is 20.9. The summed E-state index contributed by atoms with van der Waals surface area (Å²) in [5.74, 6) is -0.768. The Labute approximate surface area is 175 Å². The number of hydrogen-bond acceptors (Lipinski definition) is 5. The number of aromatic amines is 1. The lowest BCUT2D eigenvalue weighted by atomic mass is 10.1. The topological polar surface area (TPSA) is 104 Å². The van der Waals surface area contributed by atoms with Crippen molar-refractivity contribution in [3.05, 3.63) is 93.3 Å². The summed E-state index contributed by atoms with van der Waals surface area (Å²) in [6, 6.07) is 15.4. The molecule has 2 heterocycles. The molecule has 8 heteroatoms. The van der Waals surface area contributed by atoms with Crippen LogP contribution in [0.15, 0.2) is 76.4 Å². The van der Waals surface area contributed by atoms with E-state index < -0.39 is 5.91 Å². The number of carbonyl (C=O) groups is 2. The number of pyridine rings is 1. The number of anilines is 2. The molecule has 2 aromatic heterocycles. The number of fused-ring (bicyclic) bond motifs is 1. The van der Waals surface area contributed by atoms with Gasteiger partial charge in [0.25, 0.3) is 11.5 Å². The molecule has 7 nitrogen and oxygen atoms in total. The van der Waals surface area contributed by atoms with Crippen LogP contribution in [0.5, 0.6) is 0 Å². The van der Waals surface area contributed by atoms with Crippen LogP contribution in [-0.2, 0) is 4.79 Å². The summed E-state index contributed by atoms with van der Waals surface area (Å²) in [4.78, 5) is 43.5. The van der Waals surface area contributed by atoms with Crippen molar-refractivity contribution in [3.63, 3.8) is 0 Å². The second-order valence-corrected chi connectivity index (χ2v) is 7.09. The second-order valence-electron chi connectivity index (χ2n) is 6.37. The minimum absolute atomic E-state index is 0.152. The fraction of sp³-hybridized carbons (Fsp3) is 0. The number of thiazole rings is 1. The third-order valence-corrected chi connectivity index (χ3v) is 4.85. The van der Waals surface area contributed by atoms with Gasteiger partial charge in [-0.15, -0.1) is 11.3 Å². The van der Waals surface area contributed by atoms with E-state index in [1.807, 2.05) is 5.38 Å². The predicted octanol–water partition coefficient (Wildman–Crippen LogP) is 3.89. The number of nitrogens with zero attached hydrogens (tertiary/aromatic N) is 1. The number of carbonyl (C=O) groups excluding carboxylic acids is 2. The van der Waals surface area contributed by atoms with E-state index in [0.717, 1.165) is 0 Å². The second kappa shape index (κ2) is 8.54. The first-order valence-corrected chi connectivity index (χ1v) is 9.93. The molecule has 0 saturated heterocycles. The number of hydrogen-bond donors (Lipinski definition) is 3. The summed E-state index contributed by atoms with van der Waals surface area (Å²) >= 11 is 1.45. The van der Waals surface area contributed by atoms with Gasteiger partial charge >= 0.3 is 0 Å².